The van der Waals surface area contributed by atoms with Gasteiger partial charge in [-0.25, -0.2) is 0 Å². The van der Waals surface area contributed by atoms with E-state index in [1.165, 1.54) is 0 Å². The zero-order chi connectivity index (χ0) is 14.7. The summed E-state index contributed by atoms with van der Waals surface area (Å²) >= 11 is 4.29. The van der Waals surface area contributed by atoms with Gasteiger partial charge in [0.25, 0.3) is 5.91 Å². The Hall–Kier alpha value is -1.94. The fourth-order valence-corrected chi connectivity index (χ4v) is 2.16. The van der Waals surface area contributed by atoms with Crippen molar-refractivity contribution in [3.63, 3.8) is 0 Å². The lowest BCUT2D eigenvalue weighted by molar-refractivity contribution is 0.0992. The van der Waals surface area contributed by atoms with Gasteiger partial charge in [-0.05, 0) is 36.8 Å². The van der Waals surface area contributed by atoms with Gasteiger partial charge in [-0.1, -0.05) is 12.1 Å². The van der Waals surface area contributed by atoms with Gasteiger partial charge in [0.1, 0.15) is 5.75 Å². The van der Waals surface area contributed by atoms with Gasteiger partial charge in [-0.2, -0.15) is 0 Å². The zero-order valence-electron chi connectivity index (χ0n) is 11.8. The maximum absolute atomic E-state index is 12.6. The van der Waals surface area contributed by atoms with Crippen LogP contribution >= 0.6 is 12.6 Å². The largest absolute Gasteiger partial charge is 0.497 e. The minimum atomic E-state index is -0.0633. The lowest BCUT2D eigenvalue weighted by atomic mass is 10.1. The van der Waals surface area contributed by atoms with Crippen molar-refractivity contribution in [3.8, 4) is 5.75 Å². The number of hydrogen-bond acceptors (Lipinski definition) is 3. The van der Waals surface area contributed by atoms with Crippen LogP contribution in [0.5, 0.6) is 5.75 Å². The Morgan fingerprint density at radius 3 is 2.65 bits per heavy atom. The Balaban J connectivity index is 2.34. The molecule has 104 valence electrons. The topological polar surface area (TPSA) is 29.5 Å². The third-order valence-corrected chi connectivity index (χ3v) is 3.47. The summed E-state index contributed by atoms with van der Waals surface area (Å²) in [4.78, 5) is 15.0. The van der Waals surface area contributed by atoms with E-state index in [4.69, 9.17) is 4.74 Å². The first-order chi connectivity index (χ1) is 9.52. The highest BCUT2D eigenvalue weighted by atomic mass is 32.1. The van der Waals surface area contributed by atoms with Crippen molar-refractivity contribution in [2.24, 2.45) is 0 Å². The summed E-state index contributed by atoms with van der Waals surface area (Å²) in [7, 11) is 3.36. The Morgan fingerprint density at radius 2 is 1.95 bits per heavy atom. The Labute approximate surface area is 124 Å². The molecule has 2 aromatic carbocycles. The predicted octanol–water partition coefficient (Wildman–Crippen LogP) is 3.57. The Kier molecular flexibility index (Phi) is 4.35. The monoisotopic (exact) mass is 287 g/mol. The van der Waals surface area contributed by atoms with Gasteiger partial charge < -0.3 is 9.64 Å². The molecule has 0 unspecified atom stereocenters. The molecule has 0 saturated carbocycles. The molecule has 0 saturated heterocycles. The van der Waals surface area contributed by atoms with Crippen molar-refractivity contribution < 1.29 is 9.53 Å². The second-order valence-corrected chi connectivity index (χ2v) is 5.08. The molecule has 0 aliphatic heterocycles. The number of hydrogen-bond donors (Lipinski definition) is 1. The number of nitrogens with zero attached hydrogens (tertiary/aromatic N) is 1. The van der Waals surface area contributed by atoms with Crippen molar-refractivity contribution >= 4 is 24.2 Å². The molecule has 1 amide bonds. The van der Waals surface area contributed by atoms with Crippen LogP contribution in [0.2, 0.25) is 0 Å². The molecule has 20 heavy (non-hydrogen) atoms. The molecular formula is C16H17NO2S. The van der Waals surface area contributed by atoms with Crippen molar-refractivity contribution in [1.82, 2.24) is 0 Å². The minimum absolute atomic E-state index is 0.0633. The smallest absolute Gasteiger partial charge is 0.258 e. The third-order valence-electron chi connectivity index (χ3n) is 3.20. The number of methoxy groups -OCH3 is 1. The molecule has 4 heteroatoms. The summed E-state index contributed by atoms with van der Waals surface area (Å²) in [5.74, 6) is 0.661. The number of anilines is 1. The number of benzene rings is 2. The van der Waals surface area contributed by atoms with Crippen molar-refractivity contribution in [1.29, 1.82) is 0 Å². The van der Waals surface area contributed by atoms with Crippen LogP contribution < -0.4 is 9.64 Å². The van der Waals surface area contributed by atoms with E-state index in [-0.39, 0.29) is 5.91 Å². The Morgan fingerprint density at radius 1 is 1.20 bits per heavy atom. The van der Waals surface area contributed by atoms with Gasteiger partial charge in [0.15, 0.2) is 0 Å². The van der Waals surface area contributed by atoms with Gasteiger partial charge >= 0.3 is 0 Å². The molecule has 0 aliphatic carbocycles. The number of ether oxygens (including phenoxy) is 1. The molecule has 0 radical (unpaired) electrons. The number of rotatable bonds is 3. The Bertz CT molecular complexity index is 640. The van der Waals surface area contributed by atoms with Crippen molar-refractivity contribution in [2.75, 3.05) is 19.1 Å². The quantitative estimate of drug-likeness (QED) is 0.875. The average molecular weight is 287 g/mol. The van der Waals surface area contributed by atoms with Crippen LogP contribution in [0.15, 0.2) is 47.4 Å². The van der Waals surface area contributed by atoms with Crippen LogP contribution in [-0.2, 0) is 0 Å². The zero-order valence-corrected chi connectivity index (χ0v) is 12.6. The molecule has 0 N–H and O–H groups in total. The van der Waals surface area contributed by atoms with E-state index in [2.05, 4.69) is 12.6 Å². The van der Waals surface area contributed by atoms with Crippen LogP contribution in [0.1, 0.15) is 15.9 Å². The molecule has 0 bridgehead atoms. The van der Waals surface area contributed by atoms with E-state index in [1.807, 2.05) is 43.3 Å². The predicted molar refractivity (Wildman–Crippen MR) is 84.2 cm³/mol. The first kappa shape index (κ1) is 14.5. The van der Waals surface area contributed by atoms with E-state index >= 15 is 0 Å². The van der Waals surface area contributed by atoms with E-state index in [0.717, 1.165) is 21.9 Å². The summed E-state index contributed by atoms with van der Waals surface area (Å²) < 4.78 is 5.18. The second kappa shape index (κ2) is 6.01. The van der Waals surface area contributed by atoms with Gasteiger partial charge in [0.05, 0.1) is 7.11 Å². The summed E-state index contributed by atoms with van der Waals surface area (Å²) in [6.45, 7) is 1.92. The highest BCUT2D eigenvalue weighted by molar-refractivity contribution is 7.80. The molecule has 0 aromatic heterocycles. The second-order valence-electron chi connectivity index (χ2n) is 4.56. The van der Waals surface area contributed by atoms with Crippen LogP contribution in [-0.4, -0.2) is 20.1 Å². The standard InChI is InChI=1S/C16H17NO2S/c1-11-7-8-14(20)10-15(11)16(18)17(2)12-5-4-6-13(9-12)19-3/h4-10,20H,1-3H3. The van der Waals surface area contributed by atoms with Gasteiger partial charge in [-0.3, -0.25) is 4.79 Å². The molecule has 0 heterocycles. The van der Waals surface area contributed by atoms with Crippen molar-refractivity contribution in [3.05, 3.63) is 53.6 Å². The van der Waals surface area contributed by atoms with Crippen LogP contribution in [0.25, 0.3) is 0 Å². The molecule has 3 nitrogen and oxygen atoms in total. The number of carbonyl (C=O) groups is 1. The fraction of sp³-hybridized carbons (Fsp3) is 0.188. The minimum Gasteiger partial charge on any atom is -0.497 e. The highest BCUT2D eigenvalue weighted by Gasteiger charge is 2.16. The SMILES string of the molecule is COc1cccc(N(C)C(=O)c2cc(S)ccc2C)c1. The molecule has 0 spiro atoms. The van der Waals surface area contributed by atoms with Crippen LogP contribution in [0, 0.1) is 6.92 Å². The molecule has 0 atom stereocenters. The summed E-state index contributed by atoms with van der Waals surface area (Å²) in [5.41, 5.74) is 2.38. The first-order valence-electron chi connectivity index (χ1n) is 6.24. The molecule has 0 fully saturated rings. The number of aryl methyl sites for hydroxylation is 1. The average Bonchev–Trinajstić information content (AvgIpc) is 2.48. The van der Waals surface area contributed by atoms with Crippen LogP contribution in [0.4, 0.5) is 5.69 Å². The number of amides is 1. The summed E-state index contributed by atoms with van der Waals surface area (Å²) in [5, 5.41) is 0. The lowest BCUT2D eigenvalue weighted by Crippen LogP contribution is -2.26. The van der Waals surface area contributed by atoms with E-state index in [0.29, 0.717) is 5.56 Å². The summed E-state index contributed by atoms with van der Waals surface area (Å²) in [6, 6.07) is 13.0. The molecule has 0 aliphatic rings. The van der Waals surface area contributed by atoms with Gasteiger partial charge in [0, 0.05) is 29.3 Å². The normalized spacial score (nSPS) is 10.2. The maximum Gasteiger partial charge on any atom is 0.258 e. The summed E-state index contributed by atoms with van der Waals surface area (Å²) in [6.07, 6.45) is 0. The van der Waals surface area contributed by atoms with E-state index < -0.39 is 0 Å². The molecule has 2 aromatic rings. The van der Waals surface area contributed by atoms with Gasteiger partial charge in [-0.15, -0.1) is 12.6 Å². The highest BCUT2D eigenvalue weighted by Crippen LogP contribution is 2.23. The van der Waals surface area contributed by atoms with Crippen LogP contribution in [0.3, 0.4) is 0 Å². The van der Waals surface area contributed by atoms with E-state index in [1.54, 1.807) is 25.1 Å². The van der Waals surface area contributed by atoms with Gasteiger partial charge in [0.2, 0.25) is 0 Å². The molecular weight excluding hydrogens is 270 g/mol. The van der Waals surface area contributed by atoms with E-state index in [9.17, 15) is 4.79 Å². The number of thiol groups is 1. The fourth-order valence-electron chi connectivity index (χ4n) is 1.96. The molecule has 2 rings (SSSR count). The first-order valence-corrected chi connectivity index (χ1v) is 6.69. The van der Waals surface area contributed by atoms with Crippen molar-refractivity contribution in [2.45, 2.75) is 11.8 Å². The third kappa shape index (κ3) is 2.96. The maximum atomic E-state index is 12.6. The lowest BCUT2D eigenvalue weighted by Gasteiger charge is -2.19. The number of carbonyl (C=O) groups excluding carboxylic acids is 1.